The lowest BCUT2D eigenvalue weighted by atomic mass is 10.1. The molecule has 0 aliphatic rings. The van der Waals surface area contributed by atoms with Gasteiger partial charge in [0.15, 0.2) is 0 Å². The number of rotatable bonds is 3. The van der Waals surface area contributed by atoms with Crippen LogP contribution in [0.2, 0.25) is 5.02 Å². The van der Waals surface area contributed by atoms with Crippen LogP contribution in [0.15, 0.2) is 18.2 Å². The first-order valence-electron chi connectivity index (χ1n) is 4.24. The highest BCUT2D eigenvalue weighted by Crippen LogP contribution is 2.18. The van der Waals surface area contributed by atoms with Gasteiger partial charge in [0, 0.05) is 5.02 Å². The summed E-state index contributed by atoms with van der Waals surface area (Å²) < 4.78 is 0. The fourth-order valence-corrected chi connectivity index (χ4v) is 1.45. The molecule has 1 aromatic carbocycles. The summed E-state index contributed by atoms with van der Waals surface area (Å²) in [5, 5.41) is 9.19. The molecule has 0 saturated heterocycles. The first kappa shape index (κ1) is 11.0. The van der Waals surface area contributed by atoms with E-state index in [0.29, 0.717) is 5.02 Å². The Bertz CT molecular complexity index is 352. The number of halogens is 1. The molecule has 0 spiro atoms. The Morgan fingerprint density at radius 3 is 2.79 bits per heavy atom. The van der Waals surface area contributed by atoms with Crippen LogP contribution in [0.25, 0.3) is 0 Å². The Kier molecular flexibility index (Phi) is 3.49. The Hall–Kier alpha value is -1.06. The van der Waals surface area contributed by atoms with E-state index in [1.54, 1.807) is 12.1 Å². The van der Waals surface area contributed by atoms with Crippen LogP contribution in [0, 0.1) is 6.92 Å². The van der Waals surface area contributed by atoms with E-state index in [0.717, 1.165) is 11.1 Å². The van der Waals surface area contributed by atoms with Crippen LogP contribution in [-0.2, 0) is 11.2 Å². The topological polar surface area (TPSA) is 63.3 Å². The average molecular weight is 214 g/mol. The van der Waals surface area contributed by atoms with Crippen LogP contribution < -0.4 is 5.73 Å². The molecule has 0 amide bonds. The normalized spacial score (nSPS) is 12.5. The number of nitrogens with two attached hydrogens (primary N) is 1. The molecule has 3 N–H and O–H groups in total. The zero-order valence-corrected chi connectivity index (χ0v) is 8.58. The van der Waals surface area contributed by atoms with E-state index >= 15 is 0 Å². The van der Waals surface area contributed by atoms with E-state index in [-0.39, 0.29) is 6.42 Å². The third-order valence-corrected chi connectivity index (χ3v) is 2.32. The number of hydrogen-bond donors (Lipinski definition) is 2. The number of carbonyl (C=O) groups is 1. The quantitative estimate of drug-likeness (QED) is 0.802. The average Bonchev–Trinajstić information content (AvgIpc) is 2.09. The number of aryl methyl sites for hydroxylation is 1. The molecular formula is C10H12ClNO2. The minimum absolute atomic E-state index is 0.258. The zero-order chi connectivity index (χ0) is 10.7. The van der Waals surface area contributed by atoms with E-state index < -0.39 is 12.0 Å². The Labute approximate surface area is 87.5 Å². The van der Waals surface area contributed by atoms with Crippen LogP contribution >= 0.6 is 11.6 Å². The summed E-state index contributed by atoms with van der Waals surface area (Å²) in [7, 11) is 0. The van der Waals surface area contributed by atoms with Crippen molar-refractivity contribution in [3.63, 3.8) is 0 Å². The first-order chi connectivity index (χ1) is 6.50. The van der Waals surface area contributed by atoms with Crippen molar-refractivity contribution in [1.29, 1.82) is 0 Å². The molecule has 0 bridgehead atoms. The summed E-state index contributed by atoms with van der Waals surface area (Å²) in [6.45, 7) is 1.92. The highest BCUT2D eigenvalue weighted by atomic mass is 35.5. The molecule has 1 atom stereocenters. The van der Waals surface area contributed by atoms with Crippen LogP contribution in [-0.4, -0.2) is 17.1 Å². The summed E-state index contributed by atoms with van der Waals surface area (Å²) >= 11 is 5.93. The predicted octanol–water partition coefficient (Wildman–Crippen LogP) is 1.60. The van der Waals surface area contributed by atoms with Crippen molar-refractivity contribution in [1.82, 2.24) is 0 Å². The molecule has 4 heteroatoms. The van der Waals surface area contributed by atoms with Gasteiger partial charge in [0.1, 0.15) is 6.04 Å². The fourth-order valence-electron chi connectivity index (χ4n) is 1.14. The van der Waals surface area contributed by atoms with Crippen molar-refractivity contribution in [2.75, 3.05) is 0 Å². The molecule has 0 saturated carbocycles. The Morgan fingerprint density at radius 2 is 2.29 bits per heavy atom. The first-order valence-corrected chi connectivity index (χ1v) is 4.62. The van der Waals surface area contributed by atoms with Gasteiger partial charge >= 0.3 is 5.97 Å². The van der Waals surface area contributed by atoms with Gasteiger partial charge in [0.2, 0.25) is 0 Å². The molecule has 0 radical (unpaired) electrons. The third kappa shape index (κ3) is 2.72. The number of benzene rings is 1. The molecule has 14 heavy (non-hydrogen) atoms. The van der Waals surface area contributed by atoms with Crippen molar-refractivity contribution in [2.24, 2.45) is 5.73 Å². The second-order valence-electron chi connectivity index (χ2n) is 3.24. The number of hydrogen-bond acceptors (Lipinski definition) is 2. The molecule has 0 aliphatic heterocycles. The molecule has 1 rings (SSSR count). The lowest BCUT2D eigenvalue weighted by Gasteiger charge is -2.08. The van der Waals surface area contributed by atoms with Gasteiger partial charge in [-0.25, -0.2) is 0 Å². The predicted molar refractivity (Wildman–Crippen MR) is 55.5 cm³/mol. The van der Waals surface area contributed by atoms with Crippen LogP contribution in [0.4, 0.5) is 0 Å². The van der Waals surface area contributed by atoms with Crippen LogP contribution in [0.1, 0.15) is 11.1 Å². The van der Waals surface area contributed by atoms with Crippen molar-refractivity contribution >= 4 is 17.6 Å². The Balaban J connectivity index is 2.82. The summed E-state index contributed by atoms with van der Waals surface area (Å²) in [5.74, 6) is -1.01. The SMILES string of the molecule is Cc1ccc(CC(N)C(=O)O)c(Cl)c1. The number of carboxylic acid groups (broad SMARTS) is 1. The lowest BCUT2D eigenvalue weighted by Crippen LogP contribution is -2.32. The van der Waals surface area contributed by atoms with Gasteiger partial charge in [-0.05, 0) is 30.5 Å². The van der Waals surface area contributed by atoms with Crippen molar-refractivity contribution < 1.29 is 9.90 Å². The maximum Gasteiger partial charge on any atom is 0.320 e. The second-order valence-corrected chi connectivity index (χ2v) is 3.65. The van der Waals surface area contributed by atoms with E-state index in [4.69, 9.17) is 22.4 Å². The van der Waals surface area contributed by atoms with E-state index in [1.165, 1.54) is 0 Å². The van der Waals surface area contributed by atoms with E-state index in [1.807, 2.05) is 13.0 Å². The largest absolute Gasteiger partial charge is 0.480 e. The maximum absolute atomic E-state index is 10.5. The summed E-state index contributed by atoms with van der Waals surface area (Å²) in [4.78, 5) is 10.5. The molecule has 1 aromatic rings. The van der Waals surface area contributed by atoms with Crippen LogP contribution in [0.3, 0.4) is 0 Å². The second kappa shape index (κ2) is 4.44. The molecule has 0 aliphatic carbocycles. The van der Waals surface area contributed by atoms with Gasteiger partial charge in [0.05, 0.1) is 0 Å². The van der Waals surface area contributed by atoms with Gasteiger partial charge in [-0.1, -0.05) is 23.7 Å². The number of carboxylic acids is 1. The third-order valence-electron chi connectivity index (χ3n) is 1.97. The summed E-state index contributed by atoms with van der Waals surface area (Å²) in [6, 6.07) is 4.59. The molecule has 0 aromatic heterocycles. The minimum atomic E-state index is -1.01. The van der Waals surface area contributed by atoms with Crippen LogP contribution in [0.5, 0.6) is 0 Å². The van der Waals surface area contributed by atoms with Gasteiger partial charge in [-0.3, -0.25) is 4.79 Å². The molecule has 1 unspecified atom stereocenters. The van der Waals surface area contributed by atoms with Gasteiger partial charge in [-0.2, -0.15) is 0 Å². The molecule has 3 nitrogen and oxygen atoms in total. The Morgan fingerprint density at radius 1 is 1.64 bits per heavy atom. The minimum Gasteiger partial charge on any atom is -0.480 e. The molecule has 76 valence electrons. The molecular weight excluding hydrogens is 202 g/mol. The summed E-state index contributed by atoms with van der Waals surface area (Å²) in [6.07, 6.45) is 0.258. The van der Waals surface area contributed by atoms with Crippen molar-refractivity contribution in [3.8, 4) is 0 Å². The van der Waals surface area contributed by atoms with Gasteiger partial charge in [-0.15, -0.1) is 0 Å². The molecule has 0 heterocycles. The maximum atomic E-state index is 10.5. The summed E-state index contributed by atoms with van der Waals surface area (Å²) in [5.41, 5.74) is 7.21. The van der Waals surface area contributed by atoms with E-state index in [9.17, 15) is 4.79 Å². The van der Waals surface area contributed by atoms with E-state index in [2.05, 4.69) is 0 Å². The van der Waals surface area contributed by atoms with Gasteiger partial charge in [0.25, 0.3) is 0 Å². The smallest absolute Gasteiger partial charge is 0.320 e. The zero-order valence-electron chi connectivity index (χ0n) is 7.83. The number of aliphatic carboxylic acids is 1. The fraction of sp³-hybridized carbons (Fsp3) is 0.300. The van der Waals surface area contributed by atoms with Crippen molar-refractivity contribution in [3.05, 3.63) is 34.3 Å². The standard InChI is InChI=1S/C10H12ClNO2/c1-6-2-3-7(8(11)4-6)5-9(12)10(13)14/h2-4,9H,5,12H2,1H3,(H,13,14). The van der Waals surface area contributed by atoms with Gasteiger partial charge < -0.3 is 10.8 Å². The highest BCUT2D eigenvalue weighted by molar-refractivity contribution is 6.31. The van der Waals surface area contributed by atoms with Crippen molar-refractivity contribution in [2.45, 2.75) is 19.4 Å². The molecule has 0 fully saturated rings. The monoisotopic (exact) mass is 213 g/mol. The lowest BCUT2D eigenvalue weighted by molar-refractivity contribution is -0.138. The highest BCUT2D eigenvalue weighted by Gasteiger charge is 2.13.